The predicted molar refractivity (Wildman–Crippen MR) is 41.4 cm³/mol. The summed E-state index contributed by atoms with van der Waals surface area (Å²) < 4.78 is 0. The first-order valence-electron chi connectivity index (χ1n) is 3.51. The molecule has 2 unspecified atom stereocenters. The molecule has 0 spiro atoms. The molecule has 0 saturated carbocycles. The second-order valence-corrected chi connectivity index (χ2v) is 2.80. The molecule has 0 saturated heterocycles. The highest BCUT2D eigenvalue weighted by Crippen LogP contribution is 2.01. The van der Waals surface area contributed by atoms with E-state index in [1.165, 1.54) is 0 Å². The van der Waals surface area contributed by atoms with Gasteiger partial charge < -0.3 is 10.6 Å². The second kappa shape index (κ2) is 3.85. The van der Waals surface area contributed by atoms with Crippen molar-refractivity contribution in [2.45, 2.75) is 32.4 Å². The topological polar surface area (TPSA) is 29.3 Å². The lowest BCUT2D eigenvalue weighted by atomic mass is 10.1. The largest absolute Gasteiger partial charge is 0.327 e. The van der Waals surface area contributed by atoms with E-state index in [0.717, 1.165) is 6.42 Å². The van der Waals surface area contributed by atoms with Gasteiger partial charge in [0.15, 0.2) is 0 Å². The van der Waals surface area contributed by atoms with E-state index in [4.69, 9.17) is 5.73 Å². The fraction of sp³-hybridized carbons (Fsp3) is 1.00. The number of hydrogen-bond acceptors (Lipinski definition) is 2. The summed E-state index contributed by atoms with van der Waals surface area (Å²) in [7, 11) is 4.13. The van der Waals surface area contributed by atoms with Crippen molar-refractivity contribution in [2.75, 3.05) is 14.1 Å². The minimum atomic E-state index is 0.282. The number of rotatable bonds is 3. The molecule has 0 aliphatic carbocycles. The molecule has 0 rings (SSSR count). The maximum Gasteiger partial charge on any atom is 0.0235 e. The van der Waals surface area contributed by atoms with Gasteiger partial charge in [-0.1, -0.05) is 6.92 Å². The minimum Gasteiger partial charge on any atom is -0.327 e. The van der Waals surface area contributed by atoms with Crippen molar-refractivity contribution in [3.63, 3.8) is 0 Å². The molecular weight excluding hydrogens is 112 g/mol. The molecule has 2 heteroatoms. The van der Waals surface area contributed by atoms with Crippen molar-refractivity contribution in [1.29, 1.82) is 0 Å². The van der Waals surface area contributed by atoms with Crippen LogP contribution in [0.15, 0.2) is 0 Å². The minimum absolute atomic E-state index is 0.282. The Morgan fingerprint density at radius 2 is 1.89 bits per heavy atom. The maximum atomic E-state index is 5.71. The van der Waals surface area contributed by atoms with Crippen LogP contribution in [0.5, 0.6) is 0 Å². The molecule has 0 aliphatic rings. The van der Waals surface area contributed by atoms with Crippen LogP contribution in [0.2, 0.25) is 0 Å². The quantitative estimate of drug-likeness (QED) is 0.608. The van der Waals surface area contributed by atoms with Crippen LogP contribution < -0.4 is 5.73 Å². The van der Waals surface area contributed by atoms with Gasteiger partial charge in [-0.3, -0.25) is 0 Å². The summed E-state index contributed by atoms with van der Waals surface area (Å²) in [5, 5.41) is 0. The van der Waals surface area contributed by atoms with Crippen molar-refractivity contribution in [1.82, 2.24) is 4.90 Å². The zero-order valence-corrected chi connectivity index (χ0v) is 6.89. The summed E-state index contributed by atoms with van der Waals surface area (Å²) in [5.41, 5.74) is 5.71. The Labute approximate surface area is 58.0 Å². The highest BCUT2D eigenvalue weighted by atomic mass is 15.1. The van der Waals surface area contributed by atoms with Crippen molar-refractivity contribution >= 4 is 0 Å². The molecular formula is C7H18N2. The Kier molecular flexibility index (Phi) is 3.82. The van der Waals surface area contributed by atoms with E-state index in [0.29, 0.717) is 6.04 Å². The lowest BCUT2D eigenvalue weighted by Crippen LogP contribution is -2.41. The van der Waals surface area contributed by atoms with Crippen LogP contribution >= 0.6 is 0 Å². The smallest absolute Gasteiger partial charge is 0.0235 e. The van der Waals surface area contributed by atoms with Crippen molar-refractivity contribution in [2.24, 2.45) is 5.73 Å². The standard InChI is InChI=1S/C7H18N2/c1-5-7(6(2)8)9(3)4/h6-7H,5,8H2,1-4H3. The van der Waals surface area contributed by atoms with E-state index < -0.39 is 0 Å². The number of nitrogens with two attached hydrogens (primary N) is 1. The van der Waals surface area contributed by atoms with Crippen molar-refractivity contribution in [3.8, 4) is 0 Å². The lowest BCUT2D eigenvalue weighted by molar-refractivity contribution is 0.254. The van der Waals surface area contributed by atoms with Gasteiger partial charge in [-0.15, -0.1) is 0 Å². The van der Waals surface area contributed by atoms with Gasteiger partial charge in [0, 0.05) is 12.1 Å². The van der Waals surface area contributed by atoms with Gasteiger partial charge in [0.1, 0.15) is 0 Å². The Morgan fingerprint density at radius 1 is 1.44 bits per heavy atom. The van der Waals surface area contributed by atoms with E-state index in [1.807, 2.05) is 6.92 Å². The van der Waals surface area contributed by atoms with Gasteiger partial charge in [-0.25, -0.2) is 0 Å². The van der Waals surface area contributed by atoms with Crippen molar-refractivity contribution < 1.29 is 0 Å². The summed E-state index contributed by atoms with van der Waals surface area (Å²) in [6, 6.07) is 0.815. The SMILES string of the molecule is CCC(C(C)N)N(C)C. The molecule has 0 heterocycles. The summed E-state index contributed by atoms with van der Waals surface area (Å²) in [4.78, 5) is 2.17. The van der Waals surface area contributed by atoms with Crippen LogP contribution in [-0.2, 0) is 0 Å². The third kappa shape index (κ3) is 2.82. The first kappa shape index (κ1) is 8.92. The molecule has 0 aromatic carbocycles. The average Bonchev–Trinajstić information content (AvgIpc) is 1.64. The summed E-state index contributed by atoms with van der Waals surface area (Å²) in [6.07, 6.45) is 1.13. The molecule has 9 heavy (non-hydrogen) atoms. The summed E-state index contributed by atoms with van der Waals surface area (Å²) in [6.45, 7) is 4.21. The Bertz CT molecular complexity index is 61.3. The summed E-state index contributed by atoms with van der Waals surface area (Å²) >= 11 is 0. The van der Waals surface area contributed by atoms with E-state index >= 15 is 0 Å². The highest BCUT2D eigenvalue weighted by molar-refractivity contribution is 4.72. The molecule has 0 aliphatic heterocycles. The van der Waals surface area contributed by atoms with Gasteiger partial charge in [0.05, 0.1) is 0 Å². The van der Waals surface area contributed by atoms with Crippen LogP contribution in [0.25, 0.3) is 0 Å². The van der Waals surface area contributed by atoms with Crippen LogP contribution in [0.1, 0.15) is 20.3 Å². The molecule has 56 valence electrons. The number of likely N-dealkylation sites (N-methyl/N-ethyl adjacent to an activating group) is 1. The van der Waals surface area contributed by atoms with Crippen LogP contribution in [0, 0.1) is 0 Å². The molecule has 2 atom stereocenters. The third-order valence-corrected chi connectivity index (χ3v) is 1.69. The molecule has 2 N–H and O–H groups in total. The number of nitrogens with zero attached hydrogens (tertiary/aromatic N) is 1. The normalized spacial score (nSPS) is 18.0. The number of hydrogen-bond donors (Lipinski definition) is 1. The zero-order valence-electron chi connectivity index (χ0n) is 6.89. The molecule has 0 amide bonds. The van der Waals surface area contributed by atoms with Gasteiger partial charge in [-0.2, -0.15) is 0 Å². The second-order valence-electron chi connectivity index (χ2n) is 2.80. The Morgan fingerprint density at radius 3 is 1.89 bits per heavy atom. The zero-order chi connectivity index (χ0) is 7.44. The van der Waals surface area contributed by atoms with Gasteiger partial charge in [-0.05, 0) is 27.4 Å². The van der Waals surface area contributed by atoms with Crippen molar-refractivity contribution in [3.05, 3.63) is 0 Å². The first-order chi connectivity index (χ1) is 4.09. The maximum absolute atomic E-state index is 5.71. The van der Waals surface area contributed by atoms with Crippen LogP contribution in [-0.4, -0.2) is 31.1 Å². The first-order valence-corrected chi connectivity index (χ1v) is 3.51. The fourth-order valence-corrected chi connectivity index (χ4v) is 1.21. The molecule has 0 aromatic rings. The van der Waals surface area contributed by atoms with Crippen LogP contribution in [0.4, 0.5) is 0 Å². The lowest BCUT2D eigenvalue weighted by Gasteiger charge is -2.25. The molecule has 0 aromatic heterocycles. The average molecular weight is 130 g/mol. The molecule has 0 bridgehead atoms. The van der Waals surface area contributed by atoms with Crippen LogP contribution in [0.3, 0.4) is 0 Å². The van der Waals surface area contributed by atoms with E-state index in [2.05, 4.69) is 25.9 Å². The van der Waals surface area contributed by atoms with E-state index in [-0.39, 0.29) is 6.04 Å². The van der Waals surface area contributed by atoms with Gasteiger partial charge in [0.25, 0.3) is 0 Å². The van der Waals surface area contributed by atoms with Gasteiger partial charge in [0.2, 0.25) is 0 Å². The third-order valence-electron chi connectivity index (χ3n) is 1.69. The predicted octanol–water partition coefficient (Wildman–Crippen LogP) is 0.674. The van der Waals surface area contributed by atoms with E-state index in [1.54, 1.807) is 0 Å². The molecule has 0 fully saturated rings. The molecule has 0 radical (unpaired) electrons. The fourth-order valence-electron chi connectivity index (χ4n) is 1.21. The summed E-state index contributed by atoms with van der Waals surface area (Å²) in [5.74, 6) is 0. The highest BCUT2D eigenvalue weighted by Gasteiger charge is 2.12. The Hall–Kier alpha value is -0.0800. The molecule has 2 nitrogen and oxygen atoms in total. The monoisotopic (exact) mass is 130 g/mol. The Balaban J connectivity index is 3.68. The van der Waals surface area contributed by atoms with Gasteiger partial charge >= 0.3 is 0 Å². The van der Waals surface area contributed by atoms with E-state index in [9.17, 15) is 0 Å².